The fraction of sp³-hybridized carbons (Fsp3) is 0.929. The van der Waals surface area contributed by atoms with Crippen LogP contribution in [-0.2, 0) is 52.3 Å². The van der Waals surface area contributed by atoms with Crippen molar-refractivity contribution in [1.82, 2.24) is 4.90 Å². The number of methoxy groups -OCH3 is 2. The molecule has 3 heterocycles. The third-order valence-corrected chi connectivity index (χ3v) is 13.2. The van der Waals surface area contributed by atoms with E-state index in [1.165, 1.54) is 21.1 Å². The number of carbonyl (C=O) groups excluding carboxylic acids is 3. The molecule has 15 heteroatoms. The van der Waals surface area contributed by atoms with Crippen molar-refractivity contribution in [3.8, 4) is 0 Å². The summed E-state index contributed by atoms with van der Waals surface area (Å²) < 4.78 is 50.5. The van der Waals surface area contributed by atoms with Gasteiger partial charge in [0.1, 0.15) is 29.2 Å². The van der Waals surface area contributed by atoms with E-state index in [0.29, 0.717) is 6.42 Å². The monoisotopic (exact) mass is 818 g/mol. The maximum atomic E-state index is 14.5. The highest BCUT2D eigenvalue weighted by molar-refractivity contribution is 5.83. The number of likely N-dealkylation sites (N-methyl/N-ethyl adjacent to an activating group) is 1. The highest BCUT2D eigenvalue weighted by atomic mass is 16.7. The highest BCUT2D eigenvalue weighted by Crippen LogP contribution is 2.43. The van der Waals surface area contributed by atoms with Crippen molar-refractivity contribution in [2.24, 2.45) is 29.6 Å². The van der Waals surface area contributed by atoms with Gasteiger partial charge in [-0.05, 0) is 81.3 Å². The van der Waals surface area contributed by atoms with Crippen molar-refractivity contribution in [1.29, 1.82) is 0 Å². The zero-order valence-corrected chi connectivity index (χ0v) is 37.2. The number of nitrogens with zero attached hydrogens (tertiary/aromatic N) is 1. The van der Waals surface area contributed by atoms with E-state index >= 15 is 0 Å². The molecule has 3 aliphatic heterocycles. The van der Waals surface area contributed by atoms with Gasteiger partial charge in [-0.25, -0.2) is 0 Å². The van der Waals surface area contributed by atoms with Gasteiger partial charge in [0, 0.05) is 63.9 Å². The minimum atomic E-state index is -1.69. The molecule has 0 aromatic heterocycles. The minimum Gasteiger partial charge on any atom is -0.459 e. The predicted octanol–water partition coefficient (Wildman–Crippen LogP) is 3.65. The summed E-state index contributed by atoms with van der Waals surface area (Å²) in [5.41, 5.74) is -3.97. The van der Waals surface area contributed by atoms with E-state index in [-0.39, 0.29) is 50.2 Å². The molecule has 0 spiro atoms. The van der Waals surface area contributed by atoms with Crippen LogP contribution in [0.25, 0.3) is 0 Å². The average molecular weight is 818 g/mol. The standard InChI is InChI=1S/C42H75NO14/c1-16-31-42(11,49)29(17-18-44)24(4)33(46)22(2)20-40(9,50-14)36(57-39-34(47)30(43(12)13)19-23(3)52-39)25(5)35(26(6)38(48)55-31)56-32-21-41(10,51-15)37(27(7)53-32)54-28(8)45/h22-27,29-32,34-37,39,44,47,49H,16-21H2,1-15H3/t22-,23-,24?,25+,26-,27+,29-,30+,31-,32?,34-,35+,36-,37+,39+,40-,41-,42+/m1/s1. The minimum absolute atomic E-state index is 0.0955. The molecule has 0 radical (unpaired) electrons. The van der Waals surface area contributed by atoms with Crippen LogP contribution in [0, 0.1) is 29.6 Å². The lowest BCUT2D eigenvalue weighted by molar-refractivity contribution is -0.320. The van der Waals surface area contributed by atoms with Crippen LogP contribution in [0.5, 0.6) is 0 Å². The third kappa shape index (κ3) is 11.1. The molecule has 3 rings (SSSR count). The Morgan fingerprint density at radius 1 is 0.912 bits per heavy atom. The van der Waals surface area contributed by atoms with E-state index in [9.17, 15) is 29.7 Å². The van der Waals surface area contributed by atoms with Crippen molar-refractivity contribution in [2.45, 2.75) is 186 Å². The summed E-state index contributed by atoms with van der Waals surface area (Å²) in [6.07, 6.45) is -6.71. The average Bonchev–Trinajstić information content (AvgIpc) is 3.14. The van der Waals surface area contributed by atoms with E-state index < -0.39 is 108 Å². The van der Waals surface area contributed by atoms with Gasteiger partial charge in [-0.3, -0.25) is 14.4 Å². The molecule has 15 nitrogen and oxygen atoms in total. The van der Waals surface area contributed by atoms with Gasteiger partial charge in [0.25, 0.3) is 0 Å². The van der Waals surface area contributed by atoms with Gasteiger partial charge in [-0.1, -0.05) is 27.7 Å². The molecule has 3 saturated heterocycles. The second-order valence-corrected chi connectivity index (χ2v) is 17.9. The Kier molecular flexibility index (Phi) is 17.6. The zero-order valence-electron chi connectivity index (χ0n) is 37.2. The van der Waals surface area contributed by atoms with Gasteiger partial charge < -0.3 is 58.1 Å². The molecule has 332 valence electrons. The lowest BCUT2D eigenvalue weighted by Crippen LogP contribution is -2.61. The molecule has 18 atom stereocenters. The fourth-order valence-electron chi connectivity index (χ4n) is 9.74. The quantitative estimate of drug-likeness (QED) is 0.256. The Labute approximate surface area is 340 Å². The number of carbonyl (C=O) groups is 3. The Bertz CT molecular complexity index is 1330. The normalized spacial score (nSPS) is 45.6. The molecule has 0 aliphatic carbocycles. The van der Waals surface area contributed by atoms with Crippen LogP contribution in [-0.4, -0.2) is 151 Å². The Balaban J connectivity index is 2.25. The fourth-order valence-corrected chi connectivity index (χ4v) is 9.74. The number of aliphatic hydroxyl groups excluding tert-OH is 2. The van der Waals surface area contributed by atoms with Crippen molar-refractivity contribution >= 4 is 17.7 Å². The first-order valence-electron chi connectivity index (χ1n) is 20.7. The molecule has 57 heavy (non-hydrogen) atoms. The lowest BCUT2D eigenvalue weighted by atomic mass is 9.69. The largest absolute Gasteiger partial charge is 0.459 e. The molecule has 0 saturated carbocycles. The number of hydrogen-bond donors (Lipinski definition) is 3. The van der Waals surface area contributed by atoms with Gasteiger partial charge in [0.05, 0.1) is 35.9 Å². The topological polar surface area (TPSA) is 189 Å². The summed E-state index contributed by atoms with van der Waals surface area (Å²) >= 11 is 0. The molecule has 3 fully saturated rings. The van der Waals surface area contributed by atoms with Crippen LogP contribution >= 0.6 is 0 Å². The van der Waals surface area contributed by atoms with E-state index in [2.05, 4.69) is 0 Å². The molecule has 0 bridgehead atoms. The van der Waals surface area contributed by atoms with Gasteiger partial charge in [0.2, 0.25) is 0 Å². The number of esters is 2. The molecular weight excluding hydrogens is 742 g/mol. The Morgan fingerprint density at radius 3 is 2.04 bits per heavy atom. The number of aliphatic hydroxyl groups is 3. The first kappa shape index (κ1) is 49.6. The van der Waals surface area contributed by atoms with Gasteiger partial charge in [-0.15, -0.1) is 0 Å². The third-order valence-electron chi connectivity index (χ3n) is 13.2. The number of hydrogen-bond acceptors (Lipinski definition) is 15. The Morgan fingerprint density at radius 2 is 1.51 bits per heavy atom. The summed E-state index contributed by atoms with van der Waals surface area (Å²) in [6.45, 7) is 18.7. The van der Waals surface area contributed by atoms with Crippen LogP contribution in [0.4, 0.5) is 0 Å². The maximum Gasteiger partial charge on any atom is 0.311 e. The highest BCUT2D eigenvalue weighted by Gasteiger charge is 2.54. The van der Waals surface area contributed by atoms with Crippen molar-refractivity contribution < 1.29 is 67.6 Å². The maximum absolute atomic E-state index is 14.5. The summed E-state index contributed by atoms with van der Waals surface area (Å²) in [6, 6.07) is -0.292. The molecular formula is C42H75NO14. The number of rotatable bonds is 11. The van der Waals surface area contributed by atoms with Crippen LogP contribution in [0.1, 0.15) is 108 Å². The van der Waals surface area contributed by atoms with Crippen LogP contribution in [0.3, 0.4) is 0 Å². The van der Waals surface area contributed by atoms with E-state index in [1.54, 1.807) is 48.5 Å². The van der Waals surface area contributed by atoms with Crippen molar-refractivity contribution in [2.75, 3.05) is 34.9 Å². The van der Waals surface area contributed by atoms with Crippen molar-refractivity contribution in [3.05, 3.63) is 0 Å². The molecule has 3 aliphatic rings. The number of ether oxygens (including phenoxy) is 8. The predicted molar refractivity (Wildman–Crippen MR) is 210 cm³/mol. The second kappa shape index (κ2) is 20.2. The zero-order chi connectivity index (χ0) is 43.4. The first-order chi connectivity index (χ1) is 26.4. The van der Waals surface area contributed by atoms with Gasteiger partial charge in [-0.2, -0.15) is 0 Å². The summed E-state index contributed by atoms with van der Waals surface area (Å²) in [4.78, 5) is 42.9. The lowest BCUT2D eigenvalue weighted by Gasteiger charge is -2.50. The molecule has 3 N–H and O–H groups in total. The summed E-state index contributed by atoms with van der Waals surface area (Å²) in [5, 5.41) is 34.0. The molecule has 0 aromatic carbocycles. The SMILES string of the molecule is CC[C@H]1OC(=O)[C@H](C)[C@@H](OC2C[C@@](C)(OC)[C@@H](OC(C)=O)[C@H](C)O2)[C@H](C)[C@@H](O[C@@H]2O[C@H](C)C[C@H](N(C)C)[C@H]2O)[C@](C)(OC)C[C@@H](C)C(=O)C(C)[C@@H](CCO)[C@]1(C)O. The van der Waals surface area contributed by atoms with Crippen LogP contribution in [0.15, 0.2) is 0 Å². The van der Waals surface area contributed by atoms with E-state index in [1.807, 2.05) is 39.8 Å². The van der Waals surface area contributed by atoms with Gasteiger partial charge in [0.15, 0.2) is 18.7 Å². The van der Waals surface area contributed by atoms with Gasteiger partial charge >= 0.3 is 11.9 Å². The number of cyclic esters (lactones) is 1. The second-order valence-electron chi connectivity index (χ2n) is 17.9. The molecule has 0 amide bonds. The number of ketones is 1. The Hall–Kier alpha value is -1.79. The molecule has 2 unspecified atom stereocenters. The van der Waals surface area contributed by atoms with Crippen molar-refractivity contribution in [3.63, 3.8) is 0 Å². The summed E-state index contributed by atoms with van der Waals surface area (Å²) in [5.74, 6) is -5.17. The van der Waals surface area contributed by atoms with Crippen LogP contribution in [0.2, 0.25) is 0 Å². The smallest absolute Gasteiger partial charge is 0.311 e. The van der Waals surface area contributed by atoms with E-state index in [0.717, 1.165) is 0 Å². The molecule has 0 aromatic rings. The van der Waals surface area contributed by atoms with Crippen LogP contribution < -0.4 is 0 Å². The number of Topliss-reactive ketones (excluding diaryl/α,β-unsaturated/α-hetero) is 1. The summed E-state index contributed by atoms with van der Waals surface area (Å²) in [7, 11) is 6.81. The first-order valence-corrected chi connectivity index (χ1v) is 20.7. The van der Waals surface area contributed by atoms with E-state index in [4.69, 9.17) is 37.9 Å².